The van der Waals surface area contributed by atoms with Gasteiger partial charge in [-0.2, -0.15) is 0 Å². The molecule has 0 atom stereocenters. The van der Waals surface area contributed by atoms with E-state index in [0.29, 0.717) is 24.0 Å². The summed E-state index contributed by atoms with van der Waals surface area (Å²) in [5.41, 5.74) is 7.35. The average molecular weight is 236 g/mol. The van der Waals surface area contributed by atoms with Crippen LogP contribution in [0.2, 0.25) is 0 Å². The van der Waals surface area contributed by atoms with Gasteiger partial charge in [-0.25, -0.2) is 4.98 Å². The van der Waals surface area contributed by atoms with E-state index in [1.807, 2.05) is 6.92 Å². The van der Waals surface area contributed by atoms with Gasteiger partial charge in [0.05, 0.1) is 6.54 Å². The number of nitrogen functional groups attached to an aromatic ring is 1. The highest BCUT2D eigenvalue weighted by atomic mass is 16.1. The number of hydrogen-bond donors (Lipinski definition) is 3. The first-order valence-corrected chi connectivity index (χ1v) is 5.71. The molecule has 1 aromatic heterocycles. The van der Waals surface area contributed by atoms with E-state index >= 15 is 0 Å². The van der Waals surface area contributed by atoms with E-state index in [0.717, 1.165) is 5.56 Å². The van der Waals surface area contributed by atoms with Gasteiger partial charge in [0, 0.05) is 24.5 Å². The van der Waals surface area contributed by atoms with E-state index in [-0.39, 0.29) is 12.5 Å². The number of nitrogens with two attached hydrogens (primary N) is 1. The van der Waals surface area contributed by atoms with Crippen LogP contribution in [0.25, 0.3) is 0 Å². The average Bonchev–Trinajstić information content (AvgIpc) is 2.28. The molecular weight excluding hydrogens is 216 g/mol. The van der Waals surface area contributed by atoms with Gasteiger partial charge >= 0.3 is 0 Å². The molecule has 0 aliphatic heterocycles. The van der Waals surface area contributed by atoms with Gasteiger partial charge in [0.25, 0.3) is 0 Å². The van der Waals surface area contributed by atoms with Crippen LogP contribution in [-0.4, -0.2) is 24.0 Å². The molecule has 5 heteroatoms. The molecule has 5 nitrogen and oxygen atoms in total. The lowest BCUT2D eigenvalue weighted by molar-refractivity contribution is -0.119. The maximum atomic E-state index is 11.4. The lowest BCUT2D eigenvalue weighted by Gasteiger charge is -2.09. The first kappa shape index (κ1) is 13.3. The van der Waals surface area contributed by atoms with Gasteiger partial charge in [-0.3, -0.25) is 4.79 Å². The van der Waals surface area contributed by atoms with E-state index in [2.05, 4.69) is 29.5 Å². The van der Waals surface area contributed by atoms with Crippen molar-refractivity contribution in [1.82, 2.24) is 10.3 Å². The highest BCUT2D eigenvalue weighted by molar-refractivity contribution is 5.80. The summed E-state index contributed by atoms with van der Waals surface area (Å²) in [6, 6.07) is 1.73. The number of anilines is 2. The van der Waals surface area contributed by atoms with Crippen molar-refractivity contribution in [1.29, 1.82) is 0 Å². The fourth-order valence-corrected chi connectivity index (χ4v) is 1.19. The van der Waals surface area contributed by atoms with Crippen molar-refractivity contribution in [3.05, 3.63) is 17.8 Å². The van der Waals surface area contributed by atoms with Gasteiger partial charge in [-0.15, -0.1) is 0 Å². The molecule has 0 saturated carbocycles. The van der Waals surface area contributed by atoms with Gasteiger partial charge in [-0.1, -0.05) is 13.8 Å². The molecule has 0 aliphatic carbocycles. The molecule has 4 N–H and O–H groups in total. The topological polar surface area (TPSA) is 80.0 Å². The first-order chi connectivity index (χ1) is 7.99. The van der Waals surface area contributed by atoms with E-state index in [4.69, 9.17) is 5.73 Å². The minimum Gasteiger partial charge on any atom is -0.398 e. The van der Waals surface area contributed by atoms with Crippen LogP contribution >= 0.6 is 0 Å². The number of pyridine rings is 1. The van der Waals surface area contributed by atoms with Gasteiger partial charge in [0.1, 0.15) is 5.82 Å². The lowest BCUT2D eigenvalue weighted by Crippen LogP contribution is -2.32. The SMILES string of the molecule is Cc1cnc(NCC(=O)NCC(C)C)cc1N. The van der Waals surface area contributed by atoms with Crippen molar-refractivity contribution >= 4 is 17.4 Å². The predicted octanol–water partition coefficient (Wildman–Crippen LogP) is 1.16. The number of nitrogens with one attached hydrogen (secondary N) is 2. The van der Waals surface area contributed by atoms with E-state index < -0.39 is 0 Å². The number of rotatable bonds is 5. The molecule has 1 heterocycles. The summed E-state index contributed by atoms with van der Waals surface area (Å²) < 4.78 is 0. The van der Waals surface area contributed by atoms with E-state index in [9.17, 15) is 4.79 Å². The van der Waals surface area contributed by atoms with Gasteiger partial charge in [-0.05, 0) is 18.4 Å². The quantitative estimate of drug-likeness (QED) is 0.716. The summed E-state index contributed by atoms with van der Waals surface area (Å²) in [4.78, 5) is 15.6. The number of carbonyl (C=O) groups is 1. The Morgan fingerprint density at radius 1 is 1.53 bits per heavy atom. The van der Waals surface area contributed by atoms with Crippen LogP contribution in [0.5, 0.6) is 0 Å². The Hall–Kier alpha value is -1.78. The molecule has 0 bridgehead atoms. The number of carbonyl (C=O) groups excluding carboxylic acids is 1. The van der Waals surface area contributed by atoms with Crippen LogP contribution in [0.4, 0.5) is 11.5 Å². The molecule has 0 spiro atoms. The molecule has 1 aromatic rings. The minimum atomic E-state index is -0.0420. The Bertz CT molecular complexity index is 390. The third-order valence-corrected chi connectivity index (χ3v) is 2.28. The monoisotopic (exact) mass is 236 g/mol. The predicted molar refractivity (Wildman–Crippen MR) is 69.7 cm³/mol. The fourth-order valence-electron chi connectivity index (χ4n) is 1.19. The Morgan fingerprint density at radius 2 is 2.24 bits per heavy atom. The van der Waals surface area contributed by atoms with Crippen LogP contribution < -0.4 is 16.4 Å². The van der Waals surface area contributed by atoms with E-state index in [1.54, 1.807) is 12.3 Å². The van der Waals surface area contributed by atoms with Gasteiger partial charge in [0.2, 0.25) is 5.91 Å². The fraction of sp³-hybridized carbons (Fsp3) is 0.500. The zero-order valence-corrected chi connectivity index (χ0v) is 10.6. The van der Waals surface area contributed by atoms with Crippen LogP contribution in [0.15, 0.2) is 12.3 Å². The lowest BCUT2D eigenvalue weighted by atomic mass is 10.2. The maximum absolute atomic E-state index is 11.4. The summed E-state index contributed by atoms with van der Waals surface area (Å²) in [5.74, 6) is 1.03. The molecule has 1 amide bonds. The third kappa shape index (κ3) is 4.72. The zero-order chi connectivity index (χ0) is 12.8. The Morgan fingerprint density at radius 3 is 2.82 bits per heavy atom. The number of amides is 1. The third-order valence-electron chi connectivity index (χ3n) is 2.28. The molecule has 17 heavy (non-hydrogen) atoms. The summed E-state index contributed by atoms with van der Waals surface area (Å²) in [7, 11) is 0. The number of aromatic nitrogens is 1. The van der Waals surface area contributed by atoms with Crippen molar-refractivity contribution in [2.45, 2.75) is 20.8 Å². The molecule has 0 aliphatic rings. The van der Waals surface area contributed by atoms with Gasteiger partial charge < -0.3 is 16.4 Å². The molecular formula is C12H20N4O. The standard InChI is InChI=1S/C12H20N4O/c1-8(2)5-16-12(17)7-15-11-4-10(13)9(3)6-14-11/h4,6,8H,5,7H2,1-3H3,(H,16,17)(H3,13,14,15). The highest BCUT2D eigenvalue weighted by Gasteiger charge is 2.03. The molecule has 0 fully saturated rings. The second-order valence-electron chi connectivity index (χ2n) is 4.48. The van der Waals surface area contributed by atoms with Crippen molar-refractivity contribution in [2.75, 3.05) is 24.1 Å². The Balaban J connectivity index is 2.39. The second-order valence-corrected chi connectivity index (χ2v) is 4.48. The summed E-state index contributed by atoms with van der Waals surface area (Å²) in [6.45, 7) is 6.89. The maximum Gasteiger partial charge on any atom is 0.239 e. The van der Waals surface area contributed by atoms with Crippen LogP contribution in [0.3, 0.4) is 0 Å². The zero-order valence-electron chi connectivity index (χ0n) is 10.6. The van der Waals surface area contributed by atoms with Crippen molar-refractivity contribution in [2.24, 2.45) is 5.92 Å². The molecule has 0 unspecified atom stereocenters. The molecule has 1 rings (SSSR count). The first-order valence-electron chi connectivity index (χ1n) is 5.71. The Labute approximate surface area is 102 Å². The summed E-state index contributed by atoms with van der Waals surface area (Å²) in [5, 5.41) is 5.75. The van der Waals surface area contributed by atoms with Crippen molar-refractivity contribution < 1.29 is 4.79 Å². The van der Waals surface area contributed by atoms with Crippen LogP contribution in [-0.2, 0) is 4.79 Å². The normalized spacial score (nSPS) is 10.4. The summed E-state index contributed by atoms with van der Waals surface area (Å²) >= 11 is 0. The molecule has 94 valence electrons. The van der Waals surface area contributed by atoms with Crippen LogP contribution in [0, 0.1) is 12.8 Å². The highest BCUT2D eigenvalue weighted by Crippen LogP contribution is 2.12. The van der Waals surface area contributed by atoms with Crippen LogP contribution in [0.1, 0.15) is 19.4 Å². The number of nitrogens with zero attached hydrogens (tertiary/aromatic N) is 1. The second kappa shape index (κ2) is 6.08. The Kier molecular flexibility index (Phi) is 4.75. The largest absolute Gasteiger partial charge is 0.398 e. The molecule has 0 saturated heterocycles. The minimum absolute atomic E-state index is 0.0420. The summed E-state index contributed by atoms with van der Waals surface area (Å²) in [6.07, 6.45) is 1.68. The van der Waals surface area contributed by atoms with Gasteiger partial charge in [0.15, 0.2) is 0 Å². The molecule has 0 aromatic carbocycles. The molecule has 0 radical (unpaired) electrons. The van der Waals surface area contributed by atoms with E-state index in [1.165, 1.54) is 0 Å². The number of aryl methyl sites for hydroxylation is 1. The number of hydrogen-bond acceptors (Lipinski definition) is 4. The van der Waals surface area contributed by atoms with Crippen molar-refractivity contribution in [3.8, 4) is 0 Å². The van der Waals surface area contributed by atoms with Crippen molar-refractivity contribution in [3.63, 3.8) is 0 Å². The smallest absolute Gasteiger partial charge is 0.239 e.